The predicted molar refractivity (Wildman–Crippen MR) is 83.2 cm³/mol. The average molecular weight is 296 g/mol. The van der Waals surface area contributed by atoms with Crippen molar-refractivity contribution in [3.05, 3.63) is 17.9 Å². The van der Waals surface area contributed by atoms with E-state index < -0.39 is 5.82 Å². The van der Waals surface area contributed by atoms with E-state index in [-0.39, 0.29) is 23.3 Å². The van der Waals surface area contributed by atoms with Gasteiger partial charge < -0.3 is 20.5 Å². The van der Waals surface area contributed by atoms with Crippen LogP contribution in [0.4, 0.5) is 15.8 Å². The summed E-state index contributed by atoms with van der Waals surface area (Å²) in [5.74, 6) is -0.201. The first kappa shape index (κ1) is 15.9. The Morgan fingerprint density at radius 2 is 2.05 bits per heavy atom. The van der Waals surface area contributed by atoms with Gasteiger partial charge in [0.05, 0.1) is 24.1 Å². The molecule has 1 aliphatic rings. The van der Waals surface area contributed by atoms with Crippen LogP contribution in [-0.4, -0.2) is 25.4 Å². The number of benzene rings is 1. The van der Waals surface area contributed by atoms with E-state index in [4.69, 9.17) is 15.2 Å². The number of nitrogens with one attached hydrogen (secondary N) is 1. The zero-order valence-electron chi connectivity index (χ0n) is 13.2. The summed E-state index contributed by atoms with van der Waals surface area (Å²) in [6.45, 7) is 9.29. The Balaban J connectivity index is 2.12. The van der Waals surface area contributed by atoms with Crippen LogP contribution in [-0.2, 0) is 4.74 Å². The number of anilines is 2. The number of rotatable bonds is 6. The number of nitrogen functional groups attached to an aromatic ring is 1. The van der Waals surface area contributed by atoms with Crippen LogP contribution in [0, 0.1) is 11.2 Å². The van der Waals surface area contributed by atoms with E-state index in [1.807, 2.05) is 13.8 Å². The van der Waals surface area contributed by atoms with Gasteiger partial charge in [-0.15, -0.1) is 0 Å². The summed E-state index contributed by atoms with van der Waals surface area (Å²) in [6, 6.07) is 3.19. The largest absolute Gasteiger partial charge is 0.491 e. The van der Waals surface area contributed by atoms with E-state index in [2.05, 4.69) is 19.2 Å². The topological polar surface area (TPSA) is 56.5 Å². The Hall–Kier alpha value is -1.49. The second kappa shape index (κ2) is 6.10. The highest BCUT2D eigenvalue weighted by atomic mass is 19.1. The Morgan fingerprint density at radius 1 is 1.33 bits per heavy atom. The molecule has 1 aromatic carbocycles. The van der Waals surface area contributed by atoms with Crippen LogP contribution >= 0.6 is 0 Å². The minimum Gasteiger partial charge on any atom is -0.491 e. The fraction of sp³-hybridized carbons (Fsp3) is 0.625. The van der Waals surface area contributed by atoms with E-state index in [0.29, 0.717) is 24.6 Å². The van der Waals surface area contributed by atoms with Gasteiger partial charge >= 0.3 is 0 Å². The molecule has 21 heavy (non-hydrogen) atoms. The first-order chi connectivity index (χ1) is 9.90. The molecule has 2 rings (SSSR count). The Morgan fingerprint density at radius 3 is 2.62 bits per heavy atom. The Labute approximate surface area is 125 Å². The van der Waals surface area contributed by atoms with Gasteiger partial charge in [0, 0.05) is 30.2 Å². The van der Waals surface area contributed by atoms with Crippen molar-refractivity contribution in [1.29, 1.82) is 0 Å². The van der Waals surface area contributed by atoms with Gasteiger partial charge in [0.15, 0.2) is 11.6 Å². The molecule has 4 nitrogen and oxygen atoms in total. The normalized spacial score (nSPS) is 23.5. The molecular formula is C16H25FN2O2. The van der Waals surface area contributed by atoms with Crippen LogP contribution in [0.5, 0.6) is 5.75 Å². The minimum absolute atomic E-state index is 0.0165. The lowest BCUT2D eigenvalue weighted by Gasteiger charge is -2.52. The summed E-state index contributed by atoms with van der Waals surface area (Å²) in [5, 5.41) is 3.40. The molecule has 118 valence electrons. The van der Waals surface area contributed by atoms with Gasteiger partial charge in [0.25, 0.3) is 0 Å². The molecule has 0 amide bonds. The number of hydrogen-bond acceptors (Lipinski definition) is 4. The molecule has 0 saturated heterocycles. The maximum Gasteiger partial charge on any atom is 0.167 e. The Bertz CT molecular complexity index is 505. The number of hydrogen-bond donors (Lipinski definition) is 2. The highest BCUT2D eigenvalue weighted by Crippen LogP contribution is 2.45. The summed E-state index contributed by atoms with van der Waals surface area (Å²) in [7, 11) is 0. The van der Waals surface area contributed by atoms with Crippen molar-refractivity contribution in [2.24, 2.45) is 5.41 Å². The molecule has 2 unspecified atom stereocenters. The van der Waals surface area contributed by atoms with Crippen molar-refractivity contribution >= 4 is 11.4 Å². The smallest absolute Gasteiger partial charge is 0.167 e. The molecule has 0 aromatic heterocycles. The lowest BCUT2D eigenvalue weighted by Crippen LogP contribution is -2.58. The third-order valence-electron chi connectivity index (χ3n) is 4.28. The van der Waals surface area contributed by atoms with Crippen LogP contribution in [0.25, 0.3) is 0 Å². The van der Waals surface area contributed by atoms with Gasteiger partial charge in [-0.2, -0.15) is 0 Å². The van der Waals surface area contributed by atoms with Crippen molar-refractivity contribution in [3.63, 3.8) is 0 Å². The zero-order chi connectivity index (χ0) is 15.6. The van der Waals surface area contributed by atoms with E-state index >= 15 is 0 Å². The molecule has 0 aliphatic heterocycles. The molecule has 1 aliphatic carbocycles. The van der Waals surface area contributed by atoms with E-state index in [1.54, 1.807) is 6.07 Å². The van der Waals surface area contributed by atoms with Gasteiger partial charge in [0.1, 0.15) is 0 Å². The van der Waals surface area contributed by atoms with E-state index in [1.165, 1.54) is 6.07 Å². The maximum atomic E-state index is 13.7. The van der Waals surface area contributed by atoms with Gasteiger partial charge in [0.2, 0.25) is 0 Å². The maximum absolute atomic E-state index is 13.7. The monoisotopic (exact) mass is 296 g/mol. The van der Waals surface area contributed by atoms with Crippen LogP contribution in [0.15, 0.2) is 12.1 Å². The van der Waals surface area contributed by atoms with Crippen molar-refractivity contribution in [3.8, 4) is 5.75 Å². The standard InChI is InChI=1S/C16H25FN2O2/c1-5-20-13-8-12(11(18)7-10(13)17)19-14-9-15(21-6-2)16(14,3)4/h7-8,14-15,19H,5-6,9,18H2,1-4H3. The van der Waals surface area contributed by atoms with Crippen molar-refractivity contribution < 1.29 is 13.9 Å². The van der Waals surface area contributed by atoms with Crippen LogP contribution in [0.3, 0.4) is 0 Å². The molecular weight excluding hydrogens is 271 g/mol. The summed E-state index contributed by atoms with van der Waals surface area (Å²) in [6.07, 6.45) is 1.16. The summed E-state index contributed by atoms with van der Waals surface area (Å²) >= 11 is 0. The number of ether oxygens (including phenoxy) is 2. The highest BCUT2D eigenvalue weighted by molar-refractivity contribution is 5.69. The highest BCUT2D eigenvalue weighted by Gasteiger charge is 2.49. The van der Waals surface area contributed by atoms with Crippen LogP contribution < -0.4 is 15.8 Å². The molecule has 5 heteroatoms. The molecule has 3 N–H and O–H groups in total. The SMILES string of the molecule is CCOc1cc(NC2CC(OCC)C2(C)C)c(N)cc1F. The fourth-order valence-electron chi connectivity index (χ4n) is 2.76. The molecule has 1 saturated carbocycles. The lowest BCUT2D eigenvalue weighted by molar-refractivity contribution is -0.0975. The number of halogens is 1. The lowest BCUT2D eigenvalue weighted by atomic mass is 9.64. The first-order valence-electron chi connectivity index (χ1n) is 7.50. The molecule has 0 spiro atoms. The third-order valence-corrected chi connectivity index (χ3v) is 4.28. The van der Waals surface area contributed by atoms with Crippen molar-refractivity contribution in [1.82, 2.24) is 0 Å². The van der Waals surface area contributed by atoms with E-state index in [9.17, 15) is 4.39 Å². The van der Waals surface area contributed by atoms with Gasteiger partial charge in [-0.25, -0.2) is 4.39 Å². The van der Waals surface area contributed by atoms with Crippen LogP contribution in [0.2, 0.25) is 0 Å². The predicted octanol–water partition coefficient (Wildman–Crippen LogP) is 3.42. The average Bonchev–Trinajstić information content (AvgIpc) is 2.42. The fourth-order valence-corrected chi connectivity index (χ4v) is 2.76. The minimum atomic E-state index is -0.431. The summed E-state index contributed by atoms with van der Waals surface area (Å²) in [4.78, 5) is 0. The second-order valence-corrected chi connectivity index (χ2v) is 6.00. The quantitative estimate of drug-likeness (QED) is 0.790. The molecule has 2 atom stereocenters. The summed E-state index contributed by atoms with van der Waals surface area (Å²) in [5.41, 5.74) is 7.03. The number of nitrogens with two attached hydrogens (primary N) is 1. The third kappa shape index (κ3) is 3.07. The first-order valence-corrected chi connectivity index (χ1v) is 7.50. The molecule has 0 heterocycles. The van der Waals surface area contributed by atoms with Gasteiger partial charge in [-0.3, -0.25) is 0 Å². The molecule has 0 radical (unpaired) electrons. The molecule has 0 bridgehead atoms. The zero-order valence-corrected chi connectivity index (χ0v) is 13.2. The molecule has 1 aromatic rings. The Kier molecular flexibility index (Phi) is 4.61. The van der Waals surface area contributed by atoms with E-state index in [0.717, 1.165) is 6.42 Å². The summed E-state index contributed by atoms with van der Waals surface area (Å²) < 4.78 is 24.7. The van der Waals surface area contributed by atoms with Crippen molar-refractivity contribution in [2.75, 3.05) is 24.3 Å². The van der Waals surface area contributed by atoms with Gasteiger partial charge in [-0.05, 0) is 20.3 Å². The second-order valence-electron chi connectivity index (χ2n) is 6.00. The van der Waals surface area contributed by atoms with Crippen LogP contribution in [0.1, 0.15) is 34.1 Å². The molecule has 1 fully saturated rings. The van der Waals surface area contributed by atoms with Gasteiger partial charge in [-0.1, -0.05) is 13.8 Å². The van der Waals surface area contributed by atoms with Crippen molar-refractivity contribution in [2.45, 2.75) is 46.3 Å².